The molecule has 0 amide bonds. The van der Waals surface area contributed by atoms with Gasteiger partial charge >= 0.3 is 0 Å². The molecule has 0 N–H and O–H groups in total. The highest BCUT2D eigenvalue weighted by atomic mass is 32.1. The van der Waals surface area contributed by atoms with Gasteiger partial charge in [0.25, 0.3) is 0 Å². The first-order valence-electron chi connectivity index (χ1n) is 5.62. The fraction of sp³-hybridized carbons (Fsp3) is 0.286. The fourth-order valence-electron chi connectivity index (χ4n) is 1.29. The minimum atomic E-state index is 0.624. The van der Waals surface area contributed by atoms with Crippen LogP contribution in [0.3, 0.4) is 0 Å². The van der Waals surface area contributed by atoms with E-state index in [1.54, 1.807) is 23.7 Å². The number of aromatic nitrogens is 2. The van der Waals surface area contributed by atoms with Gasteiger partial charge in [-0.25, -0.2) is 9.97 Å². The van der Waals surface area contributed by atoms with Crippen molar-refractivity contribution < 1.29 is 0 Å². The molecule has 0 saturated carbocycles. The zero-order valence-corrected chi connectivity index (χ0v) is 10.8. The molecule has 86 valence electrons. The van der Waals surface area contributed by atoms with Crippen molar-refractivity contribution in [2.45, 2.75) is 20.3 Å². The second-order valence-corrected chi connectivity index (χ2v) is 5.22. The van der Waals surface area contributed by atoms with E-state index >= 15 is 0 Å². The molecule has 2 rings (SSSR count). The zero-order chi connectivity index (χ0) is 12.1. The Morgan fingerprint density at radius 3 is 2.71 bits per heavy atom. The second-order valence-electron chi connectivity index (χ2n) is 4.14. The zero-order valence-electron chi connectivity index (χ0n) is 9.97. The first-order valence-corrected chi connectivity index (χ1v) is 6.43. The van der Waals surface area contributed by atoms with E-state index in [0.717, 1.165) is 22.0 Å². The SMILES string of the molecule is CC(C)CC#Cc1ccc(-c2ncccn2)s1. The lowest BCUT2D eigenvalue weighted by Gasteiger charge is -1.92. The molecule has 0 atom stereocenters. The largest absolute Gasteiger partial charge is 0.236 e. The van der Waals surface area contributed by atoms with Crippen molar-refractivity contribution >= 4 is 11.3 Å². The van der Waals surface area contributed by atoms with E-state index in [0.29, 0.717) is 5.92 Å². The highest BCUT2D eigenvalue weighted by molar-refractivity contribution is 7.15. The molecule has 0 saturated heterocycles. The van der Waals surface area contributed by atoms with Gasteiger partial charge in [0.05, 0.1) is 9.75 Å². The van der Waals surface area contributed by atoms with E-state index in [2.05, 4.69) is 35.7 Å². The Balaban J connectivity index is 2.13. The van der Waals surface area contributed by atoms with Crippen LogP contribution in [0.15, 0.2) is 30.6 Å². The molecule has 0 aliphatic heterocycles. The summed E-state index contributed by atoms with van der Waals surface area (Å²) in [5, 5.41) is 0. The highest BCUT2D eigenvalue weighted by Gasteiger charge is 2.02. The van der Waals surface area contributed by atoms with Gasteiger partial charge in [0.15, 0.2) is 5.82 Å². The lowest BCUT2D eigenvalue weighted by molar-refractivity contribution is 0.676. The molecule has 3 heteroatoms. The van der Waals surface area contributed by atoms with Crippen molar-refractivity contribution in [3.8, 4) is 22.5 Å². The molecule has 2 heterocycles. The minimum absolute atomic E-state index is 0.624. The van der Waals surface area contributed by atoms with Crippen LogP contribution in [0.1, 0.15) is 25.1 Å². The molecule has 2 nitrogen and oxygen atoms in total. The van der Waals surface area contributed by atoms with Crippen LogP contribution in [0.5, 0.6) is 0 Å². The summed E-state index contributed by atoms with van der Waals surface area (Å²) >= 11 is 1.64. The molecule has 0 fully saturated rings. The molecule has 0 unspecified atom stereocenters. The van der Waals surface area contributed by atoms with E-state index in [-0.39, 0.29) is 0 Å². The third kappa shape index (κ3) is 3.40. The lowest BCUT2D eigenvalue weighted by Crippen LogP contribution is -1.82. The molecule has 2 aromatic heterocycles. The maximum Gasteiger partial charge on any atom is 0.169 e. The first kappa shape index (κ1) is 11.8. The van der Waals surface area contributed by atoms with Crippen molar-refractivity contribution in [3.05, 3.63) is 35.5 Å². The number of hydrogen-bond donors (Lipinski definition) is 0. The first-order chi connectivity index (χ1) is 8.25. The topological polar surface area (TPSA) is 25.8 Å². The summed E-state index contributed by atoms with van der Waals surface area (Å²) in [4.78, 5) is 10.6. The fourth-order valence-corrected chi connectivity index (χ4v) is 2.12. The van der Waals surface area contributed by atoms with Crippen LogP contribution < -0.4 is 0 Å². The van der Waals surface area contributed by atoms with Crippen LogP contribution in [0.2, 0.25) is 0 Å². The maximum atomic E-state index is 4.22. The van der Waals surface area contributed by atoms with E-state index in [1.807, 2.05) is 18.2 Å². The van der Waals surface area contributed by atoms with Crippen LogP contribution in [-0.2, 0) is 0 Å². The molecule has 0 radical (unpaired) electrons. The summed E-state index contributed by atoms with van der Waals surface area (Å²) in [6.07, 6.45) is 4.45. The predicted octanol–water partition coefficient (Wildman–Crippen LogP) is 3.60. The number of nitrogens with zero attached hydrogens (tertiary/aromatic N) is 2. The Kier molecular flexibility index (Phi) is 3.89. The summed E-state index contributed by atoms with van der Waals surface area (Å²) in [5.41, 5.74) is 0. The van der Waals surface area contributed by atoms with Gasteiger partial charge in [0, 0.05) is 18.8 Å². The van der Waals surface area contributed by atoms with E-state index in [4.69, 9.17) is 0 Å². The Labute approximate surface area is 106 Å². The molecular formula is C14H14N2S. The van der Waals surface area contributed by atoms with Gasteiger partial charge in [0.1, 0.15) is 0 Å². The van der Waals surface area contributed by atoms with Gasteiger partial charge in [-0.05, 0) is 24.1 Å². The van der Waals surface area contributed by atoms with Crippen LogP contribution in [0.4, 0.5) is 0 Å². The van der Waals surface area contributed by atoms with Crippen molar-refractivity contribution in [2.24, 2.45) is 5.92 Å². The van der Waals surface area contributed by atoms with Crippen LogP contribution in [0.25, 0.3) is 10.7 Å². The van der Waals surface area contributed by atoms with Gasteiger partial charge in [-0.2, -0.15) is 0 Å². The summed E-state index contributed by atoms with van der Waals surface area (Å²) in [6.45, 7) is 4.35. The Morgan fingerprint density at radius 2 is 2.00 bits per heavy atom. The van der Waals surface area contributed by atoms with E-state index < -0.39 is 0 Å². The number of hydrogen-bond acceptors (Lipinski definition) is 3. The van der Waals surface area contributed by atoms with Gasteiger partial charge in [0.2, 0.25) is 0 Å². The maximum absolute atomic E-state index is 4.22. The second kappa shape index (κ2) is 5.60. The molecule has 0 aliphatic rings. The Morgan fingerprint density at radius 1 is 1.24 bits per heavy atom. The molecule has 2 aromatic rings. The van der Waals surface area contributed by atoms with E-state index in [9.17, 15) is 0 Å². The molecular weight excluding hydrogens is 228 g/mol. The van der Waals surface area contributed by atoms with Gasteiger partial charge in [-0.15, -0.1) is 11.3 Å². The van der Waals surface area contributed by atoms with Crippen molar-refractivity contribution in [3.63, 3.8) is 0 Å². The van der Waals surface area contributed by atoms with Crippen molar-refractivity contribution in [1.29, 1.82) is 0 Å². The third-order valence-electron chi connectivity index (χ3n) is 2.11. The quantitative estimate of drug-likeness (QED) is 0.752. The Hall–Kier alpha value is -1.66. The van der Waals surface area contributed by atoms with Crippen molar-refractivity contribution in [1.82, 2.24) is 9.97 Å². The standard InChI is InChI=1S/C14H14N2S/c1-11(2)5-3-6-12-7-8-13(17-12)14-15-9-4-10-16-14/h4,7-11H,5H2,1-2H3. The highest BCUT2D eigenvalue weighted by Crippen LogP contribution is 2.24. The van der Waals surface area contributed by atoms with E-state index in [1.165, 1.54) is 0 Å². The summed E-state index contributed by atoms with van der Waals surface area (Å²) in [6, 6.07) is 5.88. The van der Waals surface area contributed by atoms with Gasteiger partial charge in [-0.1, -0.05) is 25.7 Å². The van der Waals surface area contributed by atoms with Crippen LogP contribution >= 0.6 is 11.3 Å². The Bertz CT molecular complexity index is 532. The summed E-state index contributed by atoms with van der Waals surface area (Å²) in [7, 11) is 0. The molecule has 0 spiro atoms. The lowest BCUT2D eigenvalue weighted by atomic mass is 10.1. The summed E-state index contributed by atoms with van der Waals surface area (Å²) < 4.78 is 0. The normalized spacial score (nSPS) is 10.1. The number of thiophene rings is 1. The monoisotopic (exact) mass is 242 g/mol. The predicted molar refractivity (Wildman–Crippen MR) is 71.7 cm³/mol. The average molecular weight is 242 g/mol. The minimum Gasteiger partial charge on any atom is -0.236 e. The third-order valence-corrected chi connectivity index (χ3v) is 3.11. The van der Waals surface area contributed by atoms with Crippen LogP contribution in [0, 0.1) is 17.8 Å². The molecule has 17 heavy (non-hydrogen) atoms. The number of rotatable bonds is 2. The van der Waals surface area contributed by atoms with Crippen LogP contribution in [-0.4, -0.2) is 9.97 Å². The summed E-state index contributed by atoms with van der Waals surface area (Å²) in [5.74, 6) is 7.76. The smallest absolute Gasteiger partial charge is 0.169 e. The van der Waals surface area contributed by atoms with Gasteiger partial charge in [-0.3, -0.25) is 0 Å². The molecule has 0 bridgehead atoms. The molecule has 0 aromatic carbocycles. The molecule has 0 aliphatic carbocycles. The van der Waals surface area contributed by atoms with Gasteiger partial charge < -0.3 is 0 Å². The average Bonchev–Trinajstić information content (AvgIpc) is 2.78. The van der Waals surface area contributed by atoms with Crippen molar-refractivity contribution in [2.75, 3.05) is 0 Å².